The minimum absolute atomic E-state index is 0.222. The number of rotatable bonds is 5. The molecule has 0 saturated carbocycles. The maximum absolute atomic E-state index is 13.1. The van der Waals surface area contributed by atoms with Crippen molar-refractivity contribution in [2.45, 2.75) is 17.7 Å². The predicted molar refractivity (Wildman–Crippen MR) is 118 cm³/mol. The summed E-state index contributed by atoms with van der Waals surface area (Å²) in [6.07, 6.45) is 4.76. The van der Waals surface area contributed by atoms with Gasteiger partial charge in [0.05, 0.1) is 10.6 Å². The van der Waals surface area contributed by atoms with Crippen molar-refractivity contribution in [3.63, 3.8) is 0 Å². The largest absolute Gasteiger partial charge is 0.323 e. The van der Waals surface area contributed by atoms with Crippen LogP contribution in [0.3, 0.4) is 0 Å². The van der Waals surface area contributed by atoms with E-state index >= 15 is 0 Å². The second-order valence-electron chi connectivity index (χ2n) is 6.72. The summed E-state index contributed by atoms with van der Waals surface area (Å²) in [5.74, 6) is -0.222. The van der Waals surface area contributed by atoms with E-state index in [-0.39, 0.29) is 10.8 Å². The minimum Gasteiger partial charge on any atom is -0.323 e. The van der Waals surface area contributed by atoms with Crippen molar-refractivity contribution in [2.24, 2.45) is 0 Å². The molecule has 1 aliphatic rings. The first kappa shape index (κ1) is 19.4. The third-order valence-corrected chi connectivity index (χ3v) is 7.25. The number of hydrogen-bond donors (Lipinski definition) is 1. The molecule has 0 bridgehead atoms. The van der Waals surface area contributed by atoms with E-state index in [1.54, 1.807) is 59.9 Å². The van der Waals surface area contributed by atoms with E-state index in [4.69, 9.17) is 0 Å². The van der Waals surface area contributed by atoms with Crippen LogP contribution in [0.15, 0.2) is 76.3 Å². The van der Waals surface area contributed by atoms with E-state index < -0.39 is 10.0 Å². The summed E-state index contributed by atoms with van der Waals surface area (Å²) in [5.41, 5.74) is 3.22. The summed E-state index contributed by atoms with van der Waals surface area (Å²) in [6.45, 7) is 0.444. The van der Waals surface area contributed by atoms with Crippen LogP contribution in [0.2, 0.25) is 0 Å². The number of amides is 1. The molecule has 7 heteroatoms. The first-order valence-corrected chi connectivity index (χ1v) is 11.6. The van der Waals surface area contributed by atoms with Crippen LogP contribution in [0.25, 0.3) is 6.08 Å². The van der Waals surface area contributed by atoms with Gasteiger partial charge in [0, 0.05) is 18.3 Å². The van der Waals surface area contributed by atoms with Crippen LogP contribution < -0.4 is 9.62 Å². The number of carbonyl (C=O) groups excluding carboxylic acids is 1. The van der Waals surface area contributed by atoms with E-state index in [2.05, 4.69) is 5.32 Å². The zero-order valence-corrected chi connectivity index (χ0v) is 17.2. The van der Waals surface area contributed by atoms with E-state index in [0.717, 1.165) is 24.0 Å². The third kappa shape index (κ3) is 4.26. The smallest absolute Gasteiger partial charge is 0.264 e. The summed E-state index contributed by atoms with van der Waals surface area (Å²) >= 11 is 1.57. The highest BCUT2D eigenvalue weighted by molar-refractivity contribution is 7.92. The molecule has 1 aromatic heterocycles. The van der Waals surface area contributed by atoms with Crippen molar-refractivity contribution in [1.29, 1.82) is 0 Å². The number of nitrogens with one attached hydrogen (secondary N) is 1. The number of nitrogens with zero attached hydrogens (tertiary/aromatic N) is 1. The number of aryl methyl sites for hydroxylation is 1. The van der Waals surface area contributed by atoms with Gasteiger partial charge in [-0.15, -0.1) is 0 Å². The summed E-state index contributed by atoms with van der Waals surface area (Å²) in [4.78, 5) is 12.5. The third-order valence-electron chi connectivity index (χ3n) is 4.72. The summed E-state index contributed by atoms with van der Waals surface area (Å²) < 4.78 is 27.6. The number of thiophene rings is 1. The Morgan fingerprint density at radius 2 is 1.93 bits per heavy atom. The number of anilines is 2. The number of fused-ring (bicyclic) bond motifs is 1. The highest BCUT2D eigenvalue weighted by Gasteiger charge is 2.29. The Bertz CT molecular complexity index is 1140. The summed E-state index contributed by atoms with van der Waals surface area (Å²) in [6, 6.07) is 15.8. The fourth-order valence-corrected chi connectivity index (χ4v) is 5.53. The molecule has 0 unspecified atom stereocenters. The molecule has 5 nitrogen and oxygen atoms in total. The molecule has 29 heavy (non-hydrogen) atoms. The highest BCUT2D eigenvalue weighted by Crippen LogP contribution is 2.33. The monoisotopic (exact) mass is 424 g/mol. The molecule has 4 rings (SSSR count). The topological polar surface area (TPSA) is 66.5 Å². The van der Waals surface area contributed by atoms with Gasteiger partial charge in [0.25, 0.3) is 10.0 Å². The average Bonchev–Trinajstić information content (AvgIpc) is 3.26. The number of sulfonamides is 1. The lowest BCUT2D eigenvalue weighted by Gasteiger charge is -2.30. The lowest BCUT2D eigenvalue weighted by molar-refractivity contribution is -0.111. The molecule has 1 amide bonds. The molecule has 1 N–H and O–H groups in total. The molecule has 3 aromatic rings. The van der Waals surface area contributed by atoms with Gasteiger partial charge in [-0.05, 0) is 77.2 Å². The van der Waals surface area contributed by atoms with Gasteiger partial charge in [-0.25, -0.2) is 8.42 Å². The molecule has 1 aliphatic heterocycles. The van der Waals surface area contributed by atoms with E-state index in [1.807, 2.05) is 22.9 Å². The average molecular weight is 425 g/mol. The van der Waals surface area contributed by atoms with Gasteiger partial charge in [-0.1, -0.05) is 18.2 Å². The molecule has 2 aromatic carbocycles. The van der Waals surface area contributed by atoms with Crippen LogP contribution in [0, 0.1) is 0 Å². The Labute approximate surface area is 174 Å². The maximum atomic E-state index is 13.1. The van der Waals surface area contributed by atoms with Crippen LogP contribution in [-0.4, -0.2) is 20.9 Å². The molecule has 0 atom stereocenters. The number of hydrogen-bond acceptors (Lipinski definition) is 4. The van der Waals surface area contributed by atoms with Crippen molar-refractivity contribution >= 4 is 44.7 Å². The van der Waals surface area contributed by atoms with Crippen LogP contribution >= 0.6 is 11.3 Å². The molecule has 2 heterocycles. The number of benzene rings is 2. The Hall–Kier alpha value is -2.90. The molecule has 0 spiro atoms. The van der Waals surface area contributed by atoms with Gasteiger partial charge in [-0.3, -0.25) is 9.10 Å². The maximum Gasteiger partial charge on any atom is 0.264 e. The Morgan fingerprint density at radius 1 is 1.10 bits per heavy atom. The zero-order chi connectivity index (χ0) is 20.3. The van der Waals surface area contributed by atoms with Crippen molar-refractivity contribution in [1.82, 2.24) is 0 Å². The van der Waals surface area contributed by atoms with Crippen LogP contribution in [0.1, 0.15) is 17.5 Å². The zero-order valence-electron chi connectivity index (χ0n) is 15.6. The molecular formula is C22H20N2O3S2. The van der Waals surface area contributed by atoms with Crippen LogP contribution in [0.5, 0.6) is 0 Å². The summed E-state index contributed by atoms with van der Waals surface area (Å²) in [7, 11) is -3.61. The second-order valence-corrected chi connectivity index (χ2v) is 9.36. The standard InChI is InChI=1S/C22H20N2O3S2/c25-22(11-8-17-12-14-28-16-17)23-19-9-10-21-18(15-19)5-4-13-24(21)29(26,27)20-6-2-1-3-7-20/h1-3,6-12,14-16H,4-5,13H2,(H,23,25)/b11-8+. The van der Waals surface area contributed by atoms with Gasteiger partial charge in [0.1, 0.15) is 0 Å². The molecular weight excluding hydrogens is 404 g/mol. The van der Waals surface area contributed by atoms with Crippen molar-refractivity contribution in [2.75, 3.05) is 16.2 Å². The molecule has 0 aliphatic carbocycles. The summed E-state index contributed by atoms with van der Waals surface area (Å²) in [5, 5.41) is 6.77. The lowest BCUT2D eigenvalue weighted by Crippen LogP contribution is -2.35. The Kier molecular flexibility index (Phi) is 5.51. The first-order chi connectivity index (χ1) is 14.0. The first-order valence-electron chi connectivity index (χ1n) is 9.26. The lowest BCUT2D eigenvalue weighted by atomic mass is 10.0. The second kappa shape index (κ2) is 8.23. The Morgan fingerprint density at radius 3 is 2.69 bits per heavy atom. The molecule has 0 fully saturated rings. The molecule has 0 radical (unpaired) electrons. The van der Waals surface area contributed by atoms with E-state index in [1.165, 1.54) is 10.4 Å². The Balaban J connectivity index is 1.55. The molecule has 0 saturated heterocycles. The van der Waals surface area contributed by atoms with Gasteiger partial charge in [0.2, 0.25) is 5.91 Å². The predicted octanol–water partition coefficient (Wildman–Crippen LogP) is 4.54. The minimum atomic E-state index is -3.61. The van der Waals surface area contributed by atoms with E-state index in [9.17, 15) is 13.2 Å². The van der Waals surface area contributed by atoms with Crippen LogP contribution in [0.4, 0.5) is 11.4 Å². The number of carbonyl (C=O) groups is 1. The van der Waals surface area contributed by atoms with Crippen molar-refractivity contribution in [3.8, 4) is 0 Å². The van der Waals surface area contributed by atoms with Gasteiger partial charge in [0.15, 0.2) is 0 Å². The fourth-order valence-electron chi connectivity index (χ4n) is 3.34. The molecule has 148 valence electrons. The van der Waals surface area contributed by atoms with E-state index in [0.29, 0.717) is 17.9 Å². The van der Waals surface area contributed by atoms with Gasteiger partial charge < -0.3 is 5.32 Å². The van der Waals surface area contributed by atoms with Crippen molar-refractivity contribution < 1.29 is 13.2 Å². The van der Waals surface area contributed by atoms with Crippen LogP contribution in [-0.2, 0) is 21.2 Å². The van der Waals surface area contributed by atoms with Gasteiger partial charge in [-0.2, -0.15) is 11.3 Å². The fraction of sp³-hybridized carbons (Fsp3) is 0.136. The quantitative estimate of drug-likeness (QED) is 0.612. The normalized spacial score (nSPS) is 14.0. The highest BCUT2D eigenvalue weighted by atomic mass is 32.2. The SMILES string of the molecule is O=C(/C=C/c1ccsc1)Nc1ccc2c(c1)CCCN2S(=O)(=O)c1ccccc1. The van der Waals surface area contributed by atoms with Gasteiger partial charge >= 0.3 is 0 Å². The van der Waals surface area contributed by atoms with Crippen molar-refractivity contribution in [3.05, 3.63) is 82.6 Å².